The lowest BCUT2D eigenvalue weighted by molar-refractivity contribution is 0.590. The summed E-state index contributed by atoms with van der Waals surface area (Å²) < 4.78 is 18.3. The molecule has 392 valence electrons. The number of fused-ring (bicyclic) bond motifs is 16. The second-order valence-electron chi connectivity index (χ2n) is 25.0. The highest BCUT2D eigenvalue weighted by atomic mass is 32.1. The molecule has 0 saturated heterocycles. The van der Waals surface area contributed by atoms with Gasteiger partial charge in [-0.2, -0.15) is 0 Å². The minimum atomic E-state index is -0.346. The SMILES string of the molecule is CC(C)(C)c1ccc(N(c2ccc3c(c2)C(C)(C)c2c-3n3c4c2cc(-c2ccccc2)cc4c2sc4cc(N(c5ccc(C(C)(C)C)cc5)c5ccc6c(c5)oc5ccccc56)ccc4c23)c2ccc3c(c2)oc2ccccc23)cc1. The molecule has 5 aromatic heterocycles. The molecule has 1 aliphatic carbocycles. The van der Waals surface area contributed by atoms with Crippen LogP contribution in [-0.4, -0.2) is 4.40 Å². The molecular formula is C75H59N3O2S. The summed E-state index contributed by atoms with van der Waals surface area (Å²) >= 11 is 1.91. The van der Waals surface area contributed by atoms with Crippen LogP contribution in [0.4, 0.5) is 34.1 Å². The molecule has 0 amide bonds. The normalized spacial score (nSPS) is 13.5. The van der Waals surface area contributed by atoms with Gasteiger partial charge >= 0.3 is 0 Å². The van der Waals surface area contributed by atoms with Gasteiger partial charge in [-0.1, -0.05) is 152 Å². The maximum atomic E-state index is 6.54. The predicted molar refractivity (Wildman–Crippen MR) is 343 cm³/mol. The van der Waals surface area contributed by atoms with Crippen molar-refractivity contribution in [3.8, 4) is 22.4 Å². The van der Waals surface area contributed by atoms with E-state index in [4.69, 9.17) is 8.83 Å². The first-order valence-electron chi connectivity index (χ1n) is 28.3. The number of benzene rings is 10. The molecule has 81 heavy (non-hydrogen) atoms. The zero-order valence-corrected chi connectivity index (χ0v) is 47.6. The number of anilines is 6. The molecule has 0 bridgehead atoms. The summed E-state index contributed by atoms with van der Waals surface area (Å²) in [6.07, 6.45) is 0. The van der Waals surface area contributed by atoms with E-state index in [1.165, 1.54) is 81.2 Å². The molecule has 0 unspecified atom stereocenters. The highest BCUT2D eigenvalue weighted by molar-refractivity contribution is 7.26. The van der Waals surface area contributed by atoms with E-state index in [2.05, 4.69) is 270 Å². The molecule has 16 rings (SSSR count). The van der Waals surface area contributed by atoms with E-state index in [1.807, 2.05) is 23.5 Å². The lowest BCUT2D eigenvalue weighted by Crippen LogP contribution is -2.17. The summed E-state index contributed by atoms with van der Waals surface area (Å²) in [6.45, 7) is 18.5. The Morgan fingerprint density at radius 3 is 1.43 bits per heavy atom. The zero-order chi connectivity index (χ0) is 54.8. The third-order valence-electron chi connectivity index (χ3n) is 17.6. The number of para-hydroxylation sites is 2. The number of furan rings is 2. The van der Waals surface area contributed by atoms with Crippen LogP contribution in [-0.2, 0) is 16.2 Å². The number of hydrogen-bond acceptors (Lipinski definition) is 5. The predicted octanol–water partition coefficient (Wildman–Crippen LogP) is 22.2. The summed E-state index contributed by atoms with van der Waals surface area (Å²) in [6, 6.07) is 78.5. The highest BCUT2D eigenvalue weighted by Gasteiger charge is 2.42. The molecule has 5 nitrogen and oxygen atoms in total. The zero-order valence-electron chi connectivity index (χ0n) is 46.8. The molecule has 15 aromatic rings. The van der Waals surface area contributed by atoms with Gasteiger partial charge < -0.3 is 23.0 Å². The number of thiophene rings is 1. The Hall–Kier alpha value is -9.10. The van der Waals surface area contributed by atoms with Crippen LogP contribution < -0.4 is 9.80 Å². The largest absolute Gasteiger partial charge is 0.456 e. The summed E-state index contributed by atoms with van der Waals surface area (Å²) in [5, 5.41) is 8.35. The van der Waals surface area contributed by atoms with Gasteiger partial charge in [-0.05, 0) is 147 Å². The van der Waals surface area contributed by atoms with Crippen LogP contribution in [0.25, 0.3) is 103 Å². The van der Waals surface area contributed by atoms with Crippen molar-refractivity contribution in [2.45, 2.75) is 71.6 Å². The maximum absolute atomic E-state index is 6.54. The topological polar surface area (TPSA) is 37.2 Å². The smallest absolute Gasteiger partial charge is 0.137 e. The van der Waals surface area contributed by atoms with Crippen molar-refractivity contribution >= 4 is 126 Å². The number of rotatable bonds is 7. The standard InChI is InChI=1S/C75H59N3O2S/c1-73(2,3)46-22-26-48(27-23-46)76(51-30-34-56-54-18-12-14-20-63(54)79-65(56)41-51)50-32-36-58-62(40-50)75(7,8)68-60-38-45(44-16-10-9-11-17-44)39-61-69(60)78(70(58)68)71-59-37-33-53(43-67(59)81-72(61)71)77(49-28-24-47(25-29-49)74(4,5)6)52-31-35-57-55-19-13-15-21-64(55)80-66(57)42-52/h9-43H,1-8H3. The Morgan fingerprint density at radius 2 is 0.864 bits per heavy atom. The van der Waals surface area contributed by atoms with E-state index < -0.39 is 0 Å². The van der Waals surface area contributed by atoms with Crippen molar-refractivity contribution in [3.63, 3.8) is 0 Å². The second kappa shape index (κ2) is 17.0. The average Bonchev–Trinajstić information content (AvgIpc) is 2.08. The van der Waals surface area contributed by atoms with Crippen LogP contribution in [0.3, 0.4) is 0 Å². The van der Waals surface area contributed by atoms with E-state index in [-0.39, 0.29) is 16.2 Å². The average molecular weight is 1070 g/mol. The van der Waals surface area contributed by atoms with Crippen LogP contribution >= 0.6 is 11.3 Å². The molecule has 0 N–H and O–H groups in total. The van der Waals surface area contributed by atoms with E-state index in [9.17, 15) is 0 Å². The van der Waals surface area contributed by atoms with Gasteiger partial charge in [0.15, 0.2) is 0 Å². The van der Waals surface area contributed by atoms with Crippen LogP contribution in [0.1, 0.15) is 77.6 Å². The third-order valence-corrected chi connectivity index (χ3v) is 18.8. The van der Waals surface area contributed by atoms with Crippen LogP contribution in [0.2, 0.25) is 0 Å². The lowest BCUT2D eigenvalue weighted by Gasteiger charge is -2.29. The lowest BCUT2D eigenvalue weighted by atomic mass is 9.81. The first-order valence-corrected chi connectivity index (χ1v) is 29.1. The third kappa shape index (κ3) is 7.15. The van der Waals surface area contributed by atoms with Gasteiger partial charge in [0.2, 0.25) is 0 Å². The van der Waals surface area contributed by atoms with E-state index in [1.54, 1.807) is 0 Å². The number of aromatic nitrogens is 1. The van der Waals surface area contributed by atoms with Crippen molar-refractivity contribution < 1.29 is 8.83 Å². The van der Waals surface area contributed by atoms with Gasteiger partial charge in [0.05, 0.1) is 21.4 Å². The Bertz CT molecular complexity index is 5040. The summed E-state index contributed by atoms with van der Waals surface area (Å²) in [5.41, 5.74) is 22.6. The van der Waals surface area contributed by atoms with E-state index in [0.717, 1.165) is 78.0 Å². The highest BCUT2D eigenvalue weighted by Crippen LogP contribution is 2.58. The van der Waals surface area contributed by atoms with Crippen molar-refractivity contribution in [1.29, 1.82) is 0 Å². The van der Waals surface area contributed by atoms with E-state index in [0.29, 0.717) is 0 Å². The van der Waals surface area contributed by atoms with E-state index >= 15 is 0 Å². The van der Waals surface area contributed by atoms with Crippen LogP contribution in [0, 0.1) is 0 Å². The van der Waals surface area contributed by atoms with Gasteiger partial charge in [-0.15, -0.1) is 11.3 Å². The first kappa shape index (κ1) is 47.9. The summed E-state index contributed by atoms with van der Waals surface area (Å²) in [4.78, 5) is 4.80. The van der Waals surface area contributed by atoms with Gasteiger partial charge in [0, 0.05) is 99.6 Å². The Morgan fingerprint density at radius 1 is 0.395 bits per heavy atom. The molecule has 10 aromatic carbocycles. The first-order chi connectivity index (χ1) is 39.2. The molecule has 0 aliphatic heterocycles. The molecular weight excluding hydrogens is 1010 g/mol. The Kier molecular flexibility index (Phi) is 10.0. The molecule has 0 atom stereocenters. The Balaban J connectivity index is 0.899. The van der Waals surface area contributed by atoms with Gasteiger partial charge in [-0.25, -0.2) is 0 Å². The molecule has 6 heteroatoms. The fourth-order valence-corrected chi connectivity index (χ4v) is 14.7. The van der Waals surface area contributed by atoms with Crippen LogP contribution in [0.5, 0.6) is 0 Å². The minimum Gasteiger partial charge on any atom is -0.456 e. The van der Waals surface area contributed by atoms with Crippen molar-refractivity contribution in [1.82, 2.24) is 4.40 Å². The fraction of sp³-hybridized carbons (Fsp3) is 0.147. The van der Waals surface area contributed by atoms with Crippen molar-refractivity contribution in [2.24, 2.45) is 0 Å². The summed E-state index contributed by atoms with van der Waals surface area (Å²) in [7, 11) is 0. The maximum Gasteiger partial charge on any atom is 0.137 e. The summed E-state index contributed by atoms with van der Waals surface area (Å²) in [5.74, 6) is 0. The molecule has 0 fully saturated rings. The molecule has 0 radical (unpaired) electrons. The molecule has 1 aliphatic rings. The van der Waals surface area contributed by atoms with Gasteiger partial charge in [0.1, 0.15) is 22.3 Å². The second-order valence-corrected chi connectivity index (χ2v) is 26.0. The fourth-order valence-electron chi connectivity index (χ4n) is 13.5. The van der Waals surface area contributed by atoms with Gasteiger partial charge in [-0.3, -0.25) is 0 Å². The van der Waals surface area contributed by atoms with Gasteiger partial charge in [0.25, 0.3) is 0 Å². The van der Waals surface area contributed by atoms with Crippen molar-refractivity contribution in [3.05, 3.63) is 235 Å². The quantitative estimate of drug-likeness (QED) is 0.159. The Labute approximate surface area is 474 Å². The molecule has 0 saturated carbocycles. The monoisotopic (exact) mass is 1070 g/mol. The molecule has 5 heterocycles. The van der Waals surface area contributed by atoms with Crippen molar-refractivity contribution in [2.75, 3.05) is 9.80 Å². The number of hydrogen-bond donors (Lipinski definition) is 0. The minimum absolute atomic E-state index is 0.0218. The molecule has 0 spiro atoms. The van der Waals surface area contributed by atoms with Crippen LogP contribution in [0.15, 0.2) is 221 Å². The number of nitrogens with zero attached hydrogens (tertiary/aromatic N) is 3.